The SMILES string of the molecule is O=C=Nc1ccc(N=C=O)c(-c2ccc3c(N=C=O)cccc3c2N=C=O)c1. The van der Waals surface area contributed by atoms with Gasteiger partial charge in [0, 0.05) is 21.9 Å². The van der Waals surface area contributed by atoms with E-state index in [4.69, 9.17) is 0 Å². The maximum absolute atomic E-state index is 11.1. The highest BCUT2D eigenvalue weighted by Gasteiger charge is 2.15. The molecule has 0 aromatic heterocycles. The van der Waals surface area contributed by atoms with Crippen LogP contribution in [0.1, 0.15) is 0 Å². The minimum atomic E-state index is 0.227. The number of aliphatic imine (C=N–C) groups is 4. The quantitative estimate of drug-likeness (QED) is 0.490. The van der Waals surface area contributed by atoms with Crippen LogP contribution in [0.3, 0.4) is 0 Å². The Hall–Kier alpha value is -4.56. The van der Waals surface area contributed by atoms with Crippen molar-refractivity contribution < 1.29 is 19.2 Å². The summed E-state index contributed by atoms with van der Waals surface area (Å²) in [7, 11) is 0. The number of isocyanates is 4. The van der Waals surface area contributed by atoms with E-state index in [0.29, 0.717) is 27.6 Å². The summed E-state index contributed by atoms with van der Waals surface area (Å²) in [4.78, 5) is 57.8. The molecule has 3 aromatic rings. The number of carbonyl (C=O) groups excluding carboxylic acids is 4. The Morgan fingerprint density at radius 3 is 2.00 bits per heavy atom. The maximum atomic E-state index is 11.1. The van der Waals surface area contributed by atoms with Crippen molar-refractivity contribution in [1.29, 1.82) is 0 Å². The van der Waals surface area contributed by atoms with Gasteiger partial charge in [0.15, 0.2) is 0 Å². The van der Waals surface area contributed by atoms with Gasteiger partial charge in [0.1, 0.15) is 0 Å². The number of benzene rings is 3. The van der Waals surface area contributed by atoms with Crippen molar-refractivity contribution in [1.82, 2.24) is 0 Å². The molecule has 3 rings (SSSR count). The average Bonchev–Trinajstić information content (AvgIpc) is 2.71. The predicted molar refractivity (Wildman–Crippen MR) is 101 cm³/mol. The molecule has 3 aromatic carbocycles. The zero-order chi connectivity index (χ0) is 19.9. The molecule has 0 amide bonds. The topological polar surface area (TPSA) is 118 Å². The van der Waals surface area contributed by atoms with Crippen LogP contribution in [0.25, 0.3) is 21.9 Å². The first-order valence-electron chi connectivity index (χ1n) is 7.75. The molecule has 0 fully saturated rings. The second kappa shape index (κ2) is 8.21. The van der Waals surface area contributed by atoms with Crippen LogP contribution in [-0.4, -0.2) is 24.3 Å². The van der Waals surface area contributed by atoms with E-state index in [1.807, 2.05) is 0 Å². The fraction of sp³-hybridized carbons (Fsp3) is 0. The number of rotatable bonds is 5. The van der Waals surface area contributed by atoms with E-state index in [9.17, 15) is 19.2 Å². The van der Waals surface area contributed by atoms with Gasteiger partial charge in [-0.15, -0.1) is 0 Å². The van der Waals surface area contributed by atoms with Crippen LogP contribution in [0.4, 0.5) is 22.7 Å². The summed E-state index contributed by atoms with van der Waals surface area (Å²) in [5.41, 5.74) is 1.91. The normalized spacial score (nSPS) is 9.43. The monoisotopic (exact) mass is 368 g/mol. The molecule has 0 saturated carbocycles. The molecule has 0 atom stereocenters. The maximum Gasteiger partial charge on any atom is 0.240 e. The van der Waals surface area contributed by atoms with Crippen molar-refractivity contribution in [2.24, 2.45) is 20.0 Å². The number of fused-ring (bicyclic) bond motifs is 1. The van der Waals surface area contributed by atoms with Crippen molar-refractivity contribution >= 4 is 57.8 Å². The zero-order valence-corrected chi connectivity index (χ0v) is 14.0. The van der Waals surface area contributed by atoms with Gasteiger partial charge in [-0.1, -0.05) is 24.3 Å². The van der Waals surface area contributed by atoms with Crippen molar-refractivity contribution in [3.8, 4) is 11.1 Å². The van der Waals surface area contributed by atoms with E-state index in [-0.39, 0.29) is 17.1 Å². The average molecular weight is 368 g/mol. The molecular weight excluding hydrogens is 360 g/mol. The Balaban J connectivity index is 2.44. The van der Waals surface area contributed by atoms with Gasteiger partial charge in [-0.25, -0.2) is 19.2 Å². The lowest BCUT2D eigenvalue weighted by Gasteiger charge is -2.12. The summed E-state index contributed by atoms with van der Waals surface area (Å²) in [5, 5.41) is 1.08. The summed E-state index contributed by atoms with van der Waals surface area (Å²) in [6.45, 7) is 0. The van der Waals surface area contributed by atoms with Crippen LogP contribution in [0, 0.1) is 0 Å². The molecule has 132 valence electrons. The fourth-order valence-electron chi connectivity index (χ4n) is 2.86. The standard InChI is InChI=1S/C20H8N4O4/c25-9-21-13-4-7-19(23-11-27)17(8-13)16-6-5-14-15(20(16)24-12-28)2-1-3-18(14)22-10-26/h1-8H. The van der Waals surface area contributed by atoms with Gasteiger partial charge in [0.2, 0.25) is 24.3 Å². The minimum Gasteiger partial charge on any atom is -0.211 e. The van der Waals surface area contributed by atoms with Crippen molar-refractivity contribution in [2.75, 3.05) is 0 Å². The second-order valence-electron chi connectivity index (χ2n) is 5.35. The van der Waals surface area contributed by atoms with Crippen LogP contribution >= 0.6 is 0 Å². The second-order valence-corrected chi connectivity index (χ2v) is 5.35. The zero-order valence-electron chi connectivity index (χ0n) is 14.0. The highest BCUT2D eigenvalue weighted by atomic mass is 16.1. The van der Waals surface area contributed by atoms with Crippen molar-refractivity contribution in [2.45, 2.75) is 0 Å². The third-order valence-corrected chi connectivity index (χ3v) is 3.94. The highest BCUT2D eigenvalue weighted by molar-refractivity contribution is 6.06. The van der Waals surface area contributed by atoms with E-state index in [0.717, 1.165) is 0 Å². The summed E-state index contributed by atoms with van der Waals surface area (Å²) in [6.07, 6.45) is 5.88. The molecule has 0 N–H and O–H groups in total. The number of hydrogen-bond acceptors (Lipinski definition) is 8. The molecule has 0 heterocycles. The lowest BCUT2D eigenvalue weighted by atomic mass is 9.96. The molecular formula is C20H8N4O4. The molecule has 0 aliphatic heterocycles. The molecule has 0 aliphatic carbocycles. The number of hydrogen-bond donors (Lipinski definition) is 0. The smallest absolute Gasteiger partial charge is 0.211 e. The van der Waals surface area contributed by atoms with Crippen LogP contribution < -0.4 is 0 Å². The van der Waals surface area contributed by atoms with E-state index >= 15 is 0 Å². The van der Waals surface area contributed by atoms with Gasteiger partial charge in [-0.2, -0.15) is 20.0 Å². The lowest BCUT2D eigenvalue weighted by molar-refractivity contribution is 0.564. The molecule has 28 heavy (non-hydrogen) atoms. The molecule has 0 unspecified atom stereocenters. The first-order valence-corrected chi connectivity index (χ1v) is 7.75. The van der Waals surface area contributed by atoms with Gasteiger partial charge >= 0.3 is 0 Å². The largest absolute Gasteiger partial charge is 0.240 e. The highest BCUT2D eigenvalue weighted by Crippen LogP contribution is 2.43. The Bertz CT molecular complexity index is 1290. The summed E-state index contributed by atoms with van der Waals surface area (Å²) in [5.74, 6) is 0. The van der Waals surface area contributed by atoms with E-state index in [1.54, 1.807) is 30.3 Å². The van der Waals surface area contributed by atoms with Crippen LogP contribution in [0.5, 0.6) is 0 Å². The first kappa shape index (κ1) is 18.2. The molecule has 0 spiro atoms. The Kier molecular flexibility index (Phi) is 5.35. The van der Waals surface area contributed by atoms with Gasteiger partial charge in [-0.05, 0) is 24.3 Å². The third-order valence-electron chi connectivity index (χ3n) is 3.94. The molecule has 0 aliphatic rings. The van der Waals surface area contributed by atoms with Gasteiger partial charge in [0.25, 0.3) is 0 Å². The molecule has 8 heteroatoms. The first-order chi connectivity index (χ1) is 13.7. The van der Waals surface area contributed by atoms with E-state index in [1.165, 1.54) is 42.5 Å². The van der Waals surface area contributed by atoms with Gasteiger partial charge < -0.3 is 0 Å². The minimum absolute atomic E-state index is 0.227. The Morgan fingerprint density at radius 2 is 1.29 bits per heavy atom. The van der Waals surface area contributed by atoms with E-state index in [2.05, 4.69) is 20.0 Å². The van der Waals surface area contributed by atoms with Crippen LogP contribution in [0.2, 0.25) is 0 Å². The predicted octanol–water partition coefficient (Wildman–Crippen LogP) is 4.38. The Labute approximate surface area is 157 Å². The van der Waals surface area contributed by atoms with Gasteiger partial charge in [0.05, 0.1) is 22.7 Å². The summed E-state index contributed by atoms with van der Waals surface area (Å²) in [6, 6.07) is 12.7. The lowest BCUT2D eigenvalue weighted by Crippen LogP contribution is -1.84. The number of nitrogens with zero attached hydrogens (tertiary/aromatic N) is 4. The van der Waals surface area contributed by atoms with E-state index < -0.39 is 0 Å². The van der Waals surface area contributed by atoms with Crippen molar-refractivity contribution in [3.05, 3.63) is 48.5 Å². The molecule has 0 radical (unpaired) electrons. The van der Waals surface area contributed by atoms with Crippen LogP contribution in [0.15, 0.2) is 68.5 Å². The molecule has 0 saturated heterocycles. The van der Waals surface area contributed by atoms with Gasteiger partial charge in [-0.3, -0.25) is 0 Å². The van der Waals surface area contributed by atoms with Crippen LogP contribution in [-0.2, 0) is 19.2 Å². The molecule has 0 bridgehead atoms. The van der Waals surface area contributed by atoms with Crippen molar-refractivity contribution in [3.63, 3.8) is 0 Å². The Morgan fingerprint density at radius 1 is 0.571 bits per heavy atom. The molecule has 8 nitrogen and oxygen atoms in total. The fourth-order valence-corrected chi connectivity index (χ4v) is 2.86. The third kappa shape index (κ3) is 3.39. The summed E-state index contributed by atoms with van der Waals surface area (Å²) >= 11 is 0. The summed E-state index contributed by atoms with van der Waals surface area (Å²) < 4.78 is 0.